The smallest absolute Gasteiger partial charge is 0.352 e. The monoisotopic (exact) mass is 725 g/mol. The van der Waals surface area contributed by atoms with Crippen molar-refractivity contribution in [1.29, 1.82) is 0 Å². The number of halogens is 4. The molecule has 0 aromatic heterocycles. The van der Waals surface area contributed by atoms with E-state index in [1.165, 1.54) is 17.0 Å². The Hall–Kier alpha value is -4.35. The summed E-state index contributed by atoms with van der Waals surface area (Å²) < 4.78 is 71.1. The van der Waals surface area contributed by atoms with Crippen LogP contribution in [0.2, 0.25) is 5.02 Å². The number of alkyl halides is 3. The lowest BCUT2D eigenvalue weighted by molar-refractivity contribution is -0.140. The van der Waals surface area contributed by atoms with Gasteiger partial charge in [0.05, 0.1) is 21.2 Å². The van der Waals surface area contributed by atoms with Crippen LogP contribution < -0.4 is 9.62 Å². The Balaban J connectivity index is 1.60. The first-order chi connectivity index (χ1) is 23.8. The Labute approximate surface area is 296 Å². The molecule has 2 amide bonds. The van der Waals surface area contributed by atoms with Gasteiger partial charge in [-0.2, -0.15) is 13.2 Å². The van der Waals surface area contributed by atoms with Gasteiger partial charge in [-0.1, -0.05) is 109 Å². The highest BCUT2D eigenvalue weighted by atomic mass is 35.5. The van der Waals surface area contributed by atoms with E-state index in [1.807, 2.05) is 36.4 Å². The van der Waals surface area contributed by atoms with Gasteiger partial charge < -0.3 is 10.2 Å². The number of nitrogens with zero attached hydrogens (tertiary/aromatic N) is 2. The summed E-state index contributed by atoms with van der Waals surface area (Å²) in [6, 6.07) is 25.5. The normalized spacial score (nSPS) is 14.5. The van der Waals surface area contributed by atoms with Crippen molar-refractivity contribution >= 4 is 39.1 Å². The second kappa shape index (κ2) is 16.1. The van der Waals surface area contributed by atoms with Crippen molar-refractivity contribution in [3.63, 3.8) is 0 Å². The average molecular weight is 726 g/mol. The number of aryl methyl sites for hydroxylation is 1. The van der Waals surface area contributed by atoms with Crippen LogP contribution >= 0.6 is 11.6 Å². The number of rotatable bonds is 12. The molecule has 0 unspecified atom stereocenters. The second-order valence-electron chi connectivity index (χ2n) is 12.5. The maximum atomic E-state index is 14.6. The van der Waals surface area contributed by atoms with E-state index in [-0.39, 0.29) is 29.8 Å². The Morgan fingerprint density at radius 3 is 2.06 bits per heavy atom. The summed E-state index contributed by atoms with van der Waals surface area (Å²) in [5, 5.41) is 2.52. The summed E-state index contributed by atoms with van der Waals surface area (Å²) >= 11 is 5.91. The Morgan fingerprint density at radius 2 is 1.46 bits per heavy atom. The van der Waals surface area contributed by atoms with Gasteiger partial charge in [-0.15, -0.1) is 0 Å². The summed E-state index contributed by atoms with van der Waals surface area (Å²) in [6.45, 7) is 0.825. The minimum atomic E-state index is -4.90. The van der Waals surface area contributed by atoms with Crippen LogP contribution in [-0.4, -0.2) is 43.8 Å². The number of carbonyl (C=O) groups excluding carboxylic acids is 2. The molecular formula is C38H39ClF3N3O4S. The van der Waals surface area contributed by atoms with Gasteiger partial charge >= 0.3 is 6.18 Å². The Morgan fingerprint density at radius 1 is 0.860 bits per heavy atom. The van der Waals surface area contributed by atoms with E-state index in [9.17, 15) is 31.2 Å². The highest BCUT2D eigenvalue weighted by Gasteiger charge is 2.38. The lowest BCUT2D eigenvalue weighted by Crippen LogP contribution is -2.55. The summed E-state index contributed by atoms with van der Waals surface area (Å²) in [4.78, 5) is 29.9. The summed E-state index contributed by atoms with van der Waals surface area (Å²) in [5.74, 6) is -1.16. The van der Waals surface area contributed by atoms with Gasteiger partial charge in [-0.25, -0.2) is 8.42 Å². The van der Waals surface area contributed by atoms with Gasteiger partial charge in [0.2, 0.25) is 11.8 Å². The largest absolute Gasteiger partial charge is 0.417 e. The SMILES string of the molecule is Cc1ccc(S(=O)(=O)N(CC(=O)N(Cc2ccccc2)[C@@H](Cc2ccccc2)C(=O)NC2CCCCC2)c2ccc(Cl)c(C(F)(F)F)c2)cc1. The third-order valence-corrected chi connectivity index (χ3v) is 11.0. The highest BCUT2D eigenvalue weighted by Crippen LogP contribution is 2.38. The minimum absolute atomic E-state index is 0.0535. The maximum absolute atomic E-state index is 14.6. The fourth-order valence-electron chi connectivity index (χ4n) is 6.13. The summed E-state index contributed by atoms with van der Waals surface area (Å²) in [6.07, 6.45) is -0.157. The average Bonchev–Trinajstić information content (AvgIpc) is 3.10. The molecule has 4 aromatic carbocycles. The maximum Gasteiger partial charge on any atom is 0.417 e. The van der Waals surface area contributed by atoms with E-state index in [1.54, 1.807) is 43.3 Å². The number of nitrogens with one attached hydrogen (secondary N) is 1. The molecule has 0 bridgehead atoms. The zero-order chi connectivity index (χ0) is 35.9. The van der Waals surface area contributed by atoms with Crippen LogP contribution in [0, 0.1) is 6.92 Å². The minimum Gasteiger partial charge on any atom is -0.352 e. The van der Waals surface area contributed by atoms with Gasteiger partial charge in [-0.05, 0) is 61.2 Å². The zero-order valence-corrected chi connectivity index (χ0v) is 29.1. The molecule has 5 rings (SSSR count). The van der Waals surface area contributed by atoms with Crippen molar-refractivity contribution in [3.8, 4) is 0 Å². The molecular weight excluding hydrogens is 687 g/mol. The molecule has 50 heavy (non-hydrogen) atoms. The van der Waals surface area contributed by atoms with Crippen molar-refractivity contribution in [1.82, 2.24) is 10.2 Å². The lowest BCUT2D eigenvalue weighted by atomic mass is 9.94. The summed E-state index contributed by atoms with van der Waals surface area (Å²) in [5.41, 5.74) is 0.575. The van der Waals surface area contributed by atoms with Crippen molar-refractivity contribution in [2.24, 2.45) is 0 Å². The molecule has 0 radical (unpaired) electrons. The number of hydrogen-bond acceptors (Lipinski definition) is 4. The molecule has 1 N–H and O–H groups in total. The standard InChI is InChI=1S/C38H39ClF3N3O4S/c1-27-17-20-32(21-18-27)50(48,49)45(31-19-22-34(39)33(24-31)38(40,41)42)26-36(46)44(25-29-13-7-3-8-14-29)35(23-28-11-5-2-6-12-28)37(47)43-30-15-9-4-10-16-30/h2-3,5-8,11-14,17-22,24,30,35H,4,9-10,15-16,23,25-26H2,1H3,(H,43,47)/t35-/m0/s1. The van der Waals surface area contributed by atoms with E-state index in [2.05, 4.69) is 5.32 Å². The number of benzene rings is 4. The van der Waals surface area contributed by atoms with E-state index in [0.717, 1.165) is 55.4 Å². The van der Waals surface area contributed by atoms with E-state index < -0.39 is 51.0 Å². The van der Waals surface area contributed by atoms with Crippen molar-refractivity contribution in [3.05, 3.63) is 130 Å². The third-order valence-electron chi connectivity index (χ3n) is 8.85. The molecule has 0 heterocycles. The molecule has 0 aliphatic heterocycles. The zero-order valence-electron chi connectivity index (χ0n) is 27.6. The number of carbonyl (C=O) groups is 2. The number of anilines is 1. The Bertz CT molecular complexity index is 1870. The van der Waals surface area contributed by atoms with E-state index in [0.29, 0.717) is 15.9 Å². The molecule has 1 saturated carbocycles. The fourth-order valence-corrected chi connectivity index (χ4v) is 7.76. The van der Waals surface area contributed by atoms with Gasteiger partial charge in [0.1, 0.15) is 12.6 Å². The fraction of sp³-hybridized carbons (Fsp3) is 0.316. The molecule has 0 saturated heterocycles. The van der Waals surface area contributed by atoms with Gasteiger partial charge in [0.25, 0.3) is 10.0 Å². The molecule has 7 nitrogen and oxygen atoms in total. The van der Waals surface area contributed by atoms with Gasteiger partial charge in [0, 0.05) is 19.0 Å². The van der Waals surface area contributed by atoms with Crippen LogP contribution in [0.1, 0.15) is 54.4 Å². The molecule has 1 fully saturated rings. The first-order valence-electron chi connectivity index (χ1n) is 16.5. The molecule has 264 valence electrons. The first kappa shape index (κ1) is 36.9. The molecule has 12 heteroatoms. The van der Waals surface area contributed by atoms with Crippen LogP contribution in [0.25, 0.3) is 0 Å². The number of amides is 2. The topological polar surface area (TPSA) is 86.8 Å². The number of sulfonamides is 1. The van der Waals surface area contributed by atoms with Crippen LogP contribution in [0.4, 0.5) is 18.9 Å². The van der Waals surface area contributed by atoms with Crippen molar-refractivity contribution in [2.75, 3.05) is 10.8 Å². The predicted molar refractivity (Wildman–Crippen MR) is 188 cm³/mol. The van der Waals surface area contributed by atoms with Crippen LogP contribution in [-0.2, 0) is 38.8 Å². The predicted octanol–water partition coefficient (Wildman–Crippen LogP) is 7.95. The van der Waals surface area contributed by atoms with Crippen LogP contribution in [0.15, 0.2) is 108 Å². The van der Waals surface area contributed by atoms with E-state index >= 15 is 0 Å². The quantitative estimate of drug-likeness (QED) is 0.161. The second-order valence-corrected chi connectivity index (χ2v) is 14.8. The van der Waals surface area contributed by atoms with Gasteiger partial charge in [-0.3, -0.25) is 13.9 Å². The third kappa shape index (κ3) is 9.25. The summed E-state index contributed by atoms with van der Waals surface area (Å²) in [7, 11) is -4.60. The van der Waals surface area contributed by atoms with Crippen molar-refractivity contribution < 1.29 is 31.2 Å². The molecule has 0 spiro atoms. The van der Waals surface area contributed by atoms with E-state index in [4.69, 9.17) is 11.6 Å². The lowest BCUT2D eigenvalue weighted by Gasteiger charge is -2.35. The first-order valence-corrected chi connectivity index (χ1v) is 18.3. The van der Waals surface area contributed by atoms with Crippen molar-refractivity contribution in [2.45, 2.75) is 75.1 Å². The van der Waals surface area contributed by atoms with Crippen LogP contribution in [0.3, 0.4) is 0 Å². The molecule has 1 aliphatic rings. The highest BCUT2D eigenvalue weighted by molar-refractivity contribution is 7.92. The number of hydrogen-bond donors (Lipinski definition) is 1. The van der Waals surface area contributed by atoms with Gasteiger partial charge in [0.15, 0.2) is 0 Å². The molecule has 1 atom stereocenters. The molecule has 4 aromatic rings. The Kier molecular flexibility index (Phi) is 11.9. The molecule has 1 aliphatic carbocycles. The van der Waals surface area contributed by atoms with Crippen LogP contribution in [0.5, 0.6) is 0 Å².